The second-order valence-corrected chi connectivity index (χ2v) is 5.85. The molecule has 2 heterocycles. The molecular formula is C15H26ClN3O. The highest BCUT2D eigenvalue weighted by Crippen LogP contribution is 2.21. The number of nitrogens with zero attached hydrogens (tertiary/aromatic N) is 2. The fraction of sp³-hybridized carbons (Fsp3) is 0.667. The van der Waals surface area contributed by atoms with Gasteiger partial charge in [0.15, 0.2) is 0 Å². The Hall–Kier alpha value is -1.000. The molecule has 1 aliphatic heterocycles. The second kappa shape index (κ2) is 6.64. The highest BCUT2D eigenvalue weighted by molar-refractivity contribution is 5.95. The van der Waals surface area contributed by atoms with Gasteiger partial charge in [-0.1, -0.05) is 0 Å². The first-order chi connectivity index (χ1) is 8.91. The van der Waals surface area contributed by atoms with Crippen LogP contribution in [0, 0.1) is 13.8 Å². The standard InChI is InChI=1S/C15H25N3O.ClH/c1-10(2)18-12(4)8-14(13(18)5)15(19)17-7-6-16-11(3)9-17;/h8,10-11,16H,6-7,9H2,1-5H3;1H. The summed E-state index contributed by atoms with van der Waals surface area (Å²) in [6, 6.07) is 2.81. The summed E-state index contributed by atoms with van der Waals surface area (Å²) in [6.07, 6.45) is 0. The van der Waals surface area contributed by atoms with E-state index in [0.29, 0.717) is 12.1 Å². The molecule has 1 amide bonds. The van der Waals surface area contributed by atoms with E-state index in [1.807, 2.05) is 17.9 Å². The molecule has 0 bridgehead atoms. The number of amides is 1. The Morgan fingerprint density at radius 2 is 2.05 bits per heavy atom. The van der Waals surface area contributed by atoms with Crippen molar-refractivity contribution in [3.05, 3.63) is 23.0 Å². The molecule has 1 fully saturated rings. The molecule has 5 heteroatoms. The first kappa shape index (κ1) is 17.1. The summed E-state index contributed by atoms with van der Waals surface area (Å²) < 4.78 is 2.23. The van der Waals surface area contributed by atoms with Gasteiger partial charge < -0.3 is 14.8 Å². The Kier molecular flexibility index (Phi) is 5.66. The molecule has 0 aromatic carbocycles. The molecule has 1 aliphatic rings. The molecular weight excluding hydrogens is 274 g/mol. The van der Waals surface area contributed by atoms with Crippen molar-refractivity contribution in [1.29, 1.82) is 0 Å². The quantitative estimate of drug-likeness (QED) is 0.911. The number of carbonyl (C=O) groups excluding carboxylic acids is 1. The van der Waals surface area contributed by atoms with Crippen LogP contribution in [-0.2, 0) is 0 Å². The van der Waals surface area contributed by atoms with Crippen LogP contribution >= 0.6 is 12.4 Å². The molecule has 0 aliphatic carbocycles. The van der Waals surface area contributed by atoms with Gasteiger partial charge in [-0.3, -0.25) is 4.79 Å². The SMILES string of the molecule is Cc1cc(C(=O)N2CCNC(C)C2)c(C)n1C(C)C.Cl. The molecule has 0 saturated carbocycles. The second-order valence-electron chi connectivity index (χ2n) is 5.85. The number of carbonyl (C=O) groups is 1. The molecule has 2 rings (SSSR count). The summed E-state index contributed by atoms with van der Waals surface area (Å²) >= 11 is 0. The lowest BCUT2D eigenvalue weighted by molar-refractivity contribution is 0.0708. The van der Waals surface area contributed by atoms with Crippen molar-refractivity contribution in [3.63, 3.8) is 0 Å². The normalized spacial score (nSPS) is 19.1. The van der Waals surface area contributed by atoms with Crippen molar-refractivity contribution < 1.29 is 4.79 Å². The number of aryl methyl sites for hydroxylation is 1. The van der Waals surface area contributed by atoms with Crippen LogP contribution in [0.5, 0.6) is 0 Å². The van der Waals surface area contributed by atoms with E-state index in [-0.39, 0.29) is 18.3 Å². The van der Waals surface area contributed by atoms with E-state index in [1.165, 1.54) is 5.69 Å². The van der Waals surface area contributed by atoms with E-state index in [1.54, 1.807) is 0 Å². The first-order valence-electron chi connectivity index (χ1n) is 7.13. The Morgan fingerprint density at radius 3 is 2.55 bits per heavy atom. The summed E-state index contributed by atoms with van der Waals surface area (Å²) in [5.41, 5.74) is 3.11. The number of halogens is 1. The molecule has 0 radical (unpaired) electrons. The van der Waals surface area contributed by atoms with E-state index in [0.717, 1.165) is 30.9 Å². The zero-order valence-corrected chi connectivity index (χ0v) is 13.9. The maximum atomic E-state index is 12.6. The molecule has 114 valence electrons. The molecule has 20 heavy (non-hydrogen) atoms. The van der Waals surface area contributed by atoms with E-state index in [4.69, 9.17) is 0 Å². The molecule has 1 N–H and O–H groups in total. The maximum Gasteiger partial charge on any atom is 0.255 e. The summed E-state index contributed by atoms with van der Waals surface area (Å²) in [4.78, 5) is 14.6. The minimum Gasteiger partial charge on any atom is -0.346 e. The van der Waals surface area contributed by atoms with Gasteiger partial charge >= 0.3 is 0 Å². The van der Waals surface area contributed by atoms with Crippen LogP contribution < -0.4 is 5.32 Å². The lowest BCUT2D eigenvalue weighted by Crippen LogP contribution is -2.51. The van der Waals surface area contributed by atoms with Crippen LogP contribution in [0.2, 0.25) is 0 Å². The van der Waals surface area contributed by atoms with Gasteiger partial charge in [0, 0.05) is 43.1 Å². The molecule has 1 aromatic rings. The average molecular weight is 300 g/mol. The number of rotatable bonds is 2. The summed E-state index contributed by atoms with van der Waals surface area (Å²) in [5, 5.41) is 3.37. The third kappa shape index (κ3) is 3.18. The molecule has 1 atom stereocenters. The maximum absolute atomic E-state index is 12.6. The smallest absolute Gasteiger partial charge is 0.255 e. The number of hydrogen-bond donors (Lipinski definition) is 1. The van der Waals surface area contributed by atoms with Crippen molar-refractivity contribution in [2.75, 3.05) is 19.6 Å². The van der Waals surface area contributed by atoms with Gasteiger partial charge in [-0.15, -0.1) is 12.4 Å². The van der Waals surface area contributed by atoms with Crippen molar-refractivity contribution in [1.82, 2.24) is 14.8 Å². The fourth-order valence-corrected chi connectivity index (χ4v) is 3.08. The predicted molar refractivity (Wildman–Crippen MR) is 84.9 cm³/mol. The molecule has 0 spiro atoms. The molecule has 4 nitrogen and oxygen atoms in total. The topological polar surface area (TPSA) is 37.3 Å². The largest absolute Gasteiger partial charge is 0.346 e. The minimum absolute atomic E-state index is 0. The lowest BCUT2D eigenvalue weighted by Gasteiger charge is -2.32. The Bertz CT molecular complexity index is 482. The van der Waals surface area contributed by atoms with Crippen LogP contribution in [0.25, 0.3) is 0 Å². The highest BCUT2D eigenvalue weighted by atomic mass is 35.5. The zero-order valence-electron chi connectivity index (χ0n) is 13.1. The third-order valence-electron chi connectivity index (χ3n) is 3.89. The number of piperazine rings is 1. The van der Waals surface area contributed by atoms with E-state index < -0.39 is 0 Å². The van der Waals surface area contributed by atoms with Crippen LogP contribution in [0.3, 0.4) is 0 Å². The van der Waals surface area contributed by atoms with E-state index in [2.05, 4.69) is 37.6 Å². The van der Waals surface area contributed by atoms with Gasteiger partial charge in [-0.05, 0) is 40.7 Å². The Balaban J connectivity index is 0.00000200. The fourth-order valence-electron chi connectivity index (χ4n) is 3.08. The van der Waals surface area contributed by atoms with Gasteiger partial charge in [-0.25, -0.2) is 0 Å². The van der Waals surface area contributed by atoms with Gasteiger partial charge in [0.25, 0.3) is 5.91 Å². The van der Waals surface area contributed by atoms with E-state index in [9.17, 15) is 4.79 Å². The highest BCUT2D eigenvalue weighted by Gasteiger charge is 2.25. The summed E-state index contributed by atoms with van der Waals surface area (Å²) in [5.74, 6) is 0.174. The molecule has 1 saturated heterocycles. The monoisotopic (exact) mass is 299 g/mol. The first-order valence-corrected chi connectivity index (χ1v) is 7.13. The van der Waals surface area contributed by atoms with Crippen LogP contribution in [0.4, 0.5) is 0 Å². The summed E-state index contributed by atoms with van der Waals surface area (Å²) in [6.45, 7) is 13.0. The summed E-state index contributed by atoms with van der Waals surface area (Å²) in [7, 11) is 0. The van der Waals surface area contributed by atoms with Crippen LogP contribution in [-0.4, -0.2) is 41.1 Å². The number of nitrogens with one attached hydrogen (secondary N) is 1. The van der Waals surface area contributed by atoms with Gasteiger partial charge in [0.05, 0.1) is 5.56 Å². The Morgan fingerprint density at radius 1 is 1.40 bits per heavy atom. The van der Waals surface area contributed by atoms with Crippen LogP contribution in [0.1, 0.15) is 48.6 Å². The van der Waals surface area contributed by atoms with Crippen molar-refractivity contribution >= 4 is 18.3 Å². The predicted octanol–water partition coefficient (Wildman–Crippen LogP) is 2.54. The Labute approximate surface area is 127 Å². The minimum atomic E-state index is 0. The van der Waals surface area contributed by atoms with Crippen molar-refractivity contribution in [3.8, 4) is 0 Å². The van der Waals surface area contributed by atoms with Crippen LogP contribution in [0.15, 0.2) is 6.07 Å². The number of aromatic nitrogens is 1. The lowest BCUT2D eigenvalue weighted by atomic mass is 10.1. The van der Waals surface area contributed by atoms with E-state index >= 15 is 0 Å². The molecule has 1 aromatic heterocycles. The zero-order chi connectivity index (χ0) is 14.2. The number of hydrogen-bond acceptors (Lipinski definition) is 2. The molecule has 1 unspecified atom stereocenters. The van der Waals surface area contributed by atoms with Crippen molar-refractivity contribution in [2.45, 2.75) is 46.7 Å². The van der Waals surface area contributed by atoms with Gasteiger partial charge in [0.1, 0.15) is 0 Å². The van der Waals surface area contributed by atoms with Crippen molar-refractivity contribution in [2.24, 2.45) is 0 Å². The van der Waals surface area contributed by atoms with Gasteiger partial charge in [-0.2, -0.15) is 0 Å². The average Bonchev–Trinajstić information content (AvgIpc) is 2.63. The van der Waals surface area contributed by atoms with Gasteiger partial charge in [0.2, 0.25) is 0 Å². The third-order valence-corrected chi connectivity index (χ3v) is 3.89.